The highest BCUT2D eigenvalue weighted by molar-refractivity contribution is 5.82. The lowest BCUT2D eigenvalue weighted by Gasteiger charge is -2.16. The molecule has 9 nitrogen and oxygen atoms in total. The molecule has 4 aromatic rings. The summed E-state index contributed by atoms with van der Waals surface area (Å²) >= 11 is 0. The number of phenols is 1. The van der Waals surface area contributed by atoms with E-state index in [2.05, 4.69) is 20.4 Å². The lowest BCUT2D eigenvalue weighted by Crippen LogP contribution is -2.16. The van der Waals surface area contributed by atoms with Gasteiger partial charge in [-0.15, -0.1) is 0 Å². The molecule has 4 N–H and O–H groups in total. The van der Waals surface area contributed by atoms with Gasteiger partial charge in [0.05, 0.1) is 11.6 Å². The molecule has 1 atom stereocenters. The van der Waals surface area contributed by atoms with Gasteiger partial charge in [0.1, 0.15) is 41.0 Å². The molecule has 0 unspecified atom stereocenters. The smallest absolute Gasteiger partial charge is 0.171 e. The third-order valence-corrected chi connectivity index (χ3v) is 4.62. The number of aromatic hydroxyl groups is 1. The average Bonchev–Trinajstić information content (AvgIpc) is 3.09. The van der Waals surface area contributed by atoms with Crippen LogP contribution in [0.15, 0.2) is 42.9 Å². The molecule has 29 heavy (non-hydrogen) atoms. The van der Waals surface area contributed by atoms with Crippen molar-refractivity contribution >= 4 is 17.2 Å². The van der Waals surface area contributed by atoms with Gasteiger partial charge in [0.25, 0.3) is 0 Å². The fourth-order valence-corrected chi connectivity index (χ4v) is 3.13. The first kappa shape index (κ1) is 18.2. The summed E-state index contributed by atoms with van der Waals surface area (Å²) in [7, 11) is 0. The van der Waals surface area contributed by atoms with Gasteiger partial charge >= 0.3 is 0 Å². The van der Waals surface area contributed by atoms with E-state index in [1.807, 2.05) is 44.3 Å². The second-order valence-corrected chi connectivity index (χ2v) is 6.59. The molecule has 0 saturated heterocycles. The Balaban J connectivity index is 1.83. The van der Waals surface area contributed by atoms with Gasteiger partial charge in [-0.1, -0.05) is 12.1 Å². The number of para-hydroxylation sites is 1. The largest absolute Gasteiger partial charge is 0.507 e. The van der Waals surface area contributed by atoms with Gasteiger partial charge in [-0.2, -0.15) is 10.4 Å². The molecular formula is C20H18N8O. The van der Waals surface area contributed by atoms with E-state index in [1.54, 1.807) is 16.6 Å². The quantitative estimate of drug-likeness (QED) is 0.487. The molecule has 0 aliphatic heterocycles. The van der Waals surface area contributed by atoms with Gasteiger partial charge in [0.15, 0.2) is 5.82 Å². The van der Waals surface area contributed by atoms with E-state index < -0.39 is 6.04 Å². The van der Waals surface area contributed by atoms with Gasteiger partial charge in [-0.25, -0.2) is 19.5 Å². The number of nitrogens with two attached hydrogens (primary N) is 1. The van der Waals surface area contributed by atoms with Crippen LogP contribution in [0.1, 0.15) is 29.9 Å². The lowest BCUT2D eigenvalue weighted by molar-refractivity contribution is 0.477. The zero-order valence-electron chi connectivity index (χ0n) is 15.8. The summed E-state index contributed by atoms with van der Waals surface area (Å²) in [6.45, 7) is 3.82. The summed E-state index contributed by atoms with van der Waals surface area (Å²) < 4.78 is 1.73. The van der Waals surface area contributed by atoms with Crippen LogP contribution in [0, 0.1) is 18.3 Å². The summed E-state index contributed by atoms with van der Waals surface area (Å²) in [5.41, 5.74) is 8.96. The monoisotopic (exact) mass is 386 g/mol. The van der Waals surface area contributed by atoms with Crippen LogP contribution >= 0.6 is 0 Å². The number of hydrogen-bond acceptors (Lipinski definition) is 8. The molecule has 0 amide bonds. The number of phenolic OH excluding ortho intramolecular Hbond substituents is 1. The lowest BCUT2D eigenvalue weighted by atomic mass is 10.1. The summed E-state index contributed by atoms with van der Waals surface area (Å²) in [4.78, 5) is 12.7. The van der Waals surface area contributed by atoms with Crippen molar-refractivity contribution in [2.45, 2.75) is 19.9 Å². The van der Waals surface area contributed by atoms with Gasteiger partial charge < -0.3 is 16.2 Å². The Hall–Kier alpha value is -4.19. The summed E-state index contributed by atoms with van der Waals surface area (Å²) in [5, 5.41) is 27.4. The second kappa shape index (κ2) is 7.09. The predicted octanol–water partition coefficient (Wildman–Crippen LogP) is 2.83. The maximum atomic E-state index is 10.4. The van der Waals surface area contributed by atoms with Crippen LogP contribution in [0.2, 0.25) is 0 Å². The Morgan fingerprint density at radius 1 is 1.24 bits per heavy atom. The van der Waals surface area contributed by atoms with Crippen molar-refractivity contribution in [3.05, 3.63) is 59.8 Å². The average molecular weight is 386 g/mol. The van der Waals surface area contributed by atoms with E-state index >= 15 is 0 Å². The number of hydrogen-bond donors (Lipinski definition) is 3. The van der Waals surface area contributed by atoms with Gasteiger partial charge in [0, 0.05) is 11.8 Å². The molecule has 0 bridgehead atoms. The van der Waals surface area contributed by atoms with Crippen LogP contribution in [0.3, 0.4) is 0 Å². The molecule has 1 aromatic carbocycles. The standard InChI is InChI=1S/C20H18N8O/c1-11-7-8-28-17(11)16(13-5-3-4-6-15(13)29)26-19(27-28)12(2)25-20-14(9-21)18(22)23-10-24-20/h3-8,10,12,29H,1-2H3,(H3,22,23,24,25)/t12-/m0/s1. The van der Waals surface area contributed by atoms with Crippen molar-refractivity contribution < 1.29 is 5.11 Å². The molecule has 0 spiro atoms. The highest BCUT2D eigenvalue weighted by Gasteiger charge is 2.19. The first-order chi connectivity index (χ1) is 14.0. The van der Waals surface area contributed by atoms with E-state index in [0.717, 1.165) is 11.1 Å². The van der Waals surface area contributed by atoms with Crippen molar-refractivity contribution in [2.75, 3.05) is 11.1 Å². The van der Waals surface area contributed by atoms with Crippen LogP contribution in [-0.4, -0.2) is 29.7 Å². The van der Waals surface area contributed by atoms with Crippen molar-refractivity contribution in [1.82, 2.24) is 24.6 Å². The van der Waals surface area contributed by atoms with Crippen molar-refractivity contribution in [3.63, 3.8) is 0 Å². The first-order valence-electron chi connectivity index (χ1n) is 8.91. The summed E-state index contributed by atoms with van der Waals surface area (Å²) in [6.07, 6.45) is 3.13. The molecule has 144 valence electrons. The first-order valence-corrected chi connectivity index (χ1v) is 8.91. The maximum absolute atomic E-state index is 10.4. The fourth-order valence-electron chi connectivity index (χ4n) is 3.13. The Morgan fingerprint density at radius 3 is 2.79 bits per heavy atom. The molecule has 3 aromatic heterocycles. The van der Waals surface area contributed by atoms with Crippen LogP contribution < -0.4 is 11.1 Å². The zero-order valence-corrected chi connectivity index (χ0v) is 15.8. The molecule has 3 heterocycles. The molecule has 4 rings (SSSR count). The Kier molecular flexibility index (Phi) is 4.44. The van der Waals surface area contributed by atoms with Crippen molar-refractivity contribution in [2.24, 2.45) is 0 Å². The van der Waals surface area contributed by atoms with Gasteiger partial charge in [0.2, 0.25) is 0 Å². The molecule has 0 fully saturated rings. The van der Waals surface area contributed by atoms with Crippen molar-refractivity contribution in [3.8, 4) is 23.1 Å². The van der Waals surface area contributed by atoms with Crippen LogP contribution in [0.5, 0.6) is 5.75 Å². The van der Waals surface area contributed by atoms with E-state index in [0.29, 0.717) is 22.9 Å². The molecule has 9 heteroatoms. The number of anilines is 2. The SMILES string of the molecule is Cc1ccn2nc([C@H](C)Nc3ncnc(N)c3C#N)nc(-c3ccccc3O)c12. The minimum Gasteiger partial charge on any atom is -0.507 e. The van der Waals surface area contributed by atoms with E-state index in [-0.39, 0.29) is 17.1 Å². The van der Waals surface area contributed by atoms with E-state index in [4.69, 9.17) is 10.7 Å². The van der Waals surface area contributed by atoms with Gasteiger partial charge in [-0.05, 0) is 37.6 Å². The highest BCUT2D eigenvalue weighted by Crippen LogP contribution is 2.33. The number of nitrogens with zero attached hydrogens (tertiary/aromatic N) is 6. The number of benzene rings is 1. The molecule has 0 saturated carbocycles. The van der Waals surface area contributed by atoms with Crippen LogP contribution in [-0.2, 0) is 0 Å². The Morgan fingerprint density at radius 2 is 2.03 bits per heavy atom. The predicted molar refractivity (Wildman–Crippen MR) is 108 cm³/mol. The number of nitrogens with one attached hydrogen (secondary N) is 1. The maximum Gasteiger partial charge on any atom is 0.171 e. The van der Waals surface area contributed by atoms with Crippen LogP contribution in [0.25, 0.3) is 16.8 Å². The second-order valence-electron chi connectivity index (χ2n) is 6.59. The minimum atomic E-state index is -0.395. The van der Waals surface area contributed by atoms with E-state index in [9.17, 15) is 10.4 Å². The molecule has 0 aliphatic carbocycles. The highest BCUT2D eigenvalue weighted by atomic mass is 16.3. The van der Waals surface area contributed by atoms with E-state index in [1.165, 1.54) is 6.33 Å². The Labute approximate surface area is 166 Å². The number of nitriles is 1. The molecule has 0 aliphatic rings. The zero-order chi connectivity index (χ0) is 20.5. The molecule has 0 radical (unpaired) electrons. The number of rotatable bonds is 4. The third kappa shape index (κ3) is 3.17. The topological polar surface area (TPSA) is 138 Å². The minimum absolute atomic E-state index is 0.101. The van der Waals surface area contributed by atoms with Crippen LogP contribution in [0.4, 0.5) is 11.6 Å². The normalized spacial score (nSPS) is 11.9. The Bertz CT molecular complexity index is 1260. The number of aryl methyl sites for hydroxylation is 1. The van der Waals surface area contributed by atoms with Gasteiger partial charge in [-0.3, -0.25) is 0 Å². The number of aromatic nitrogens is 5. The van der Waals surface area contributed by atoms with Crippen molar-refractivity contribution in [1.29, 1.82) is 5.26 Å². The third-order valence-electron chi connectivity index (χ3n) is 4.62. The molecular weight excluding hydrogens is 368 g/mol. The summed E-state index contributed by atoms with van der Waals surface area (Å²) in [5.74, 6) is 1.01. The summed E-state index contributed by atoms with van der Waals surface area (Å²) in [6, 6.07) is 10.6. The fraction of sp³-hybridized carbons (Fsp3) is 0.150. The number of nitrogen functional groups attached to an aromatic ring is 1. The number of fused-ring (bicyclic) bond motifs is 1.